The Balaban J connectivity index is 1.66. The molecule has 1 atom stereocenters. The van der Waals surface area contributed by atoms with Gasteiger partial charge in [-0.05, 0) is 30.7 Å². The van der Waals surface area contributed by atoms with E-state index in [4.69, 9.17) is 4.98 Å². The van der Waals surface area contributed by atoms with Gasteiger partial charge in [-0.25, -0.2) is 15.0 Å². The maximum absolute atomic E-state index is 4.87. The first-order chi connectivity index (χ1) is 12.8. The Morgan fingerprint density at radius 1 is 0.846 bits per heavy atom. The third-order valence-electron chi connectivity index (χ3n) is 4.80. The van der Waals surface area contributed by atoms with Crippen LogP contribution in [0.15, 0.2) is 79.4 Å². The van der Waals surface area contributed by atoms with E-state index in [1.165, 1.54) is 5.56 Å². The van der Waals surface area contributed by atoms with Crippen molar-refractivity contribution in [2.75, 3.05) is 0 Å². The first-order valence-electron chi connectivity index (χ1n) is 8.62. The first-order valence-corrected chi connectivity index (χ1v) is 8.62. The molecule has 0 N–H and O–H groups in total. The summed E-state index contributed by atoms with van der Waals surface area (Å²) in [5.41, 5.74) is 3.96. The lowest BCUT2D eigenvalue weighted by atomic mass is 10.1. The fourth-order valence-corrected chi connectivity index (χ4v) is 3.36. The Morgan fingerprint density at radius 3 is 2.58 bits per heavy atom. The van der Waals surface area contributed by atoms with Crippen LogP contribution in [0.25, 0.3) is 28.2 Å². The molecule has 1 aromatic carbocycles. The normalized spacial score (nSPS) is 12.7. The van der Waals surface area contributed by atoms with Crippen LogP contribution in [0, 0.1) is 0 Å². The summed E-state index contributed by atoms with van der Waals surface area (Å²) < 4.78 is 4.20. The molecule has 4 aromatic heterocycles. The van der Waals surface area contributed by atoms with Gasteiger partial charge in [0.1, 0.15) is 17.0 Å². The molecule has 0 amide bonds. The number of aromatic nitrogens is 5. The van der Waals surface area contributed by atoms with E-state index < -0.39 is 0 Å². The van der Waals surface area contributed by atoms with Crippen LogP contribution >= 0.6 is 0 Å². The van der Waals surface area contributed by atoms with Crippen molar-refractivity contribution in [2.24, 2.45) is 0 Å². The number of rotatable bonds is 3. The third kappa shape index (κ3) is 2.29. The van der Waals surface area contributed by atoms with E-state index in [-0.39, 0.29) is 6.04 Å². The van der Waals surface area contributed by atoms with Crippen LogP contribution in [0.1, 0.15) is 18.5 Å². The van der Waals surface area contributed by atoms with E-state index in [0.717, 1.165) is 22.4 Å². The zero-order valence-corrected chi connectivity index (χ0v) is 14.3. The first kappa shape index (κ1) is 14.8. The molecule has 0 spiro atoms. The Kier molecular flexibility index (Phi) is 3.31. The molecule has 0 saturated carbocycles. The Hall–Kier alpha value is -3.47. The lowest BCUT2D eigenvalue weighted by Gasteiger charge is -2.15. The Labute approximate surface area is 150 Å². The average molecular weight is 339 g/mol. The number of benzene rings is 1. The molecular formula is C21H17N5. The van der Waals surface area contributed by atoms with Crippen LogP contribution in [0.3, 0.4) is 0 Å². The monoisotopic (exact) mass is 339 g/mol. The standard InChI is InChI=1S/C21H17N5/c1-15(16-7-3-2-4-8-16)25-12-10-17-13-23-20(24-21(17)25)18-14-22-19-9-5-6-11-26(18)19/h2-15H,1H3. The predicted octanol–water partition coefficient (Wildman–Crippen LogP) is 4.36. The van der Waals surface area contributed by atoms with Crippen molar-refractivity contribution in [1.29, 1.82) is 0 Å². The van der Waals surface area contributed by atoms with Gasteiger partial charge in [-0.15, -0.1) is 0 Å². The molecule has 1 unspecified atom stereocenters. The molecule has 0 saturated heterocycles. The molecule has 0 bridgehead atoms. The summed E-state index contributed by atoms with van der Waals surface area (Å²) in [6.45, 7) is 2.19. The summed E-state index contributed by atoms with van der Waals surface area (Å²) in [6, 6.07) is 18.6. The summed E-state index contributed by atoms with van der Waals surface area (Å²) in [7, 11) is 0. The topological polar surface area (TPSA) is 48.0 Å². The second kappa shape index (κ2) is 5.81. The van der Waals surface area contributed by atoms with Gasteiger partial charge in [0.15, 0.2) is 5.82 Å². The minimum Gasteiger partial charge on any atom is -0.325 e. The fraction of sp³-hybridized carbons (Fsp3) is 0.0952. The van der Waals surface area contributed by atoms with Gasteiger partial charge in [-0.1, -0.05) is 36.4 Å². The van der Waals surface area contributed by atoms with Crippen LogP contribution in [-0.2, 0) is 0 Å². The highest BCUT2D eigenvalue weighted by molar-refractivity contribution is 5.77. The summed E-state index contributed by atoms with van der Waals surface area (Å²) >= 11 is 0. The molecule has 0 aliphatic heterocycles. The number of nitrogens with zero attached hydrogens (tertiary/aromatic N) is 5. The summed E-state index contributed by atoms with van der Waals surface area (Å²) in [5, 5.41) is 1.03. The van der Waals surface area contributed by atoms with Crippen molar-refractivity contribution in [3.05, 3.63) is 84.9 Å². The second-order valence-corrected chi connectivity index (χ2v) is 6.35. The van der Waals surface area contributed by atoms with Gasteiger partial charge in [-0.3, -0.25) is 4.40 Å². The lowest BCUT2D eigenvalue weighted by molar-refractivity contribution is 0.658. The minimum absolute atomic E-state index is 0.193. The highest BCUT2D eigenvalue weighted by atomic mass is 15.1. The van der Waals surface area contributed by atoms with Crippen LogP contribution in [-0.4, -0.2) is 23.9 Å². The molecular weight excluding hydrogens is 322 g/mol. The van der Waals surface area contributed by atoms with Gasteiger partial charge in [-0.2, -0.15) is 0 Å². The highest BCUT2D eigenvalue weighted by Crippen LogP contribution is 2.25. The van der Waals surface area contributed by atoms with E-state index in [0.29, 0.717) is 5.82 Å². The number of imidazole rings is 1. The van der Waals surface area contributed by atoms with Crippen LogP contribution in [0.2, 0.25) is 0 Å². The van der Waals surface area contributed by atoms with Gasteiger partial charge >= 0.3 is 0 Å². The zero-order valence-electron chi connectivity index (χ0n) is 14.3. The van der Waals surface area contributed by atoms with Gasteiger partial charge in [0.2, 0.25) is 0 Å². The SMILES string of the molecule is CC(c1ccccc1)n1ccc2cnc(-c3cnc4ccccn34)nc21. The maximum atomic E-state index is 4.87. The molecule has 4 heterocycles. The molecule has 26 heavy (non-hydrogen) atoms. The predicted molar refractivity (Wildman–Crippen MR) is 102 cm³/mol. The maximum Gasteiger partial charge on any atom is 0.180 e. The van der Waals surface area contributed by atoms with Gasteiger partial charge < -0.3 is 4.57 Å². The molecule has 0 fully saturated rings. The molecule has 5 rings (SSSR count). The number of hydrogen-bond acceptors (Lipinski definition) is 3. The Bertz CT molecular complexity index is 1200. The van der Waals surface area contributed by atoms with Crippen molar-refractivity contribution in [2.45, 2.75) is 13.0 Å². The molecule has 126 valence electrons. The van der Waals surface area contributed by atoms with Crippen molar-refractivity contribution < 1.29 is 0 Å². The van der Waals surface area contributed by atoms with Gasteiger partial charge in [0, 0.05) is 24.0 Å². The van der Waals surface area contributed by atoms with E-state index in [2.05, 4.69) is 58.0 Å². The lowest BCUT2D eigenvalue weighted by Crippen LogP contribution is -2.06. The second-order valence-electron chi connectivity index (χ2n) is 6.35. The molecule has 5 aromatic rings. The van der Waals surface area contributed by atoms with E-state index in [9.17, 15) is 0 Å². The fourth-order valence-electron chi connectivity index (χ4n) is 3.36. The number of fused-ring (bicyclic) bond motifs is 2. The smallest absolute Gasteiger partial charge is 0.180 e. The number of hydrogen-bond donors (Lipinski definition) is 0. The zero-order chi connectivity index (χ0) is 17.5. The average Bonchev–Trinajstić information content (AvgIpc) is 3.32. The molecule has 0 aliphatic rings. The highest BCUT2D eigenvalue weighted by Gasteiger charge is 2.14. The third-order valence-corrected chi connectivity index (χ3v) is 4.80. The van der Waals surface area contributed by atoms with Gasteiger partial charge in [0.25, 0.3) is 0 Å². The minimum atomic E-state index is 0.193. The van der Waals surface area contributed by atoms with Crippen LogP contribution in [0.5, 0.6) is 0 Å². The molecule has 0 aliphatic carbocycles. The van der Waals surface area contributed by atoms with Crippen LogP contribution in [0.4, 0.5) is 0 Å². The summed E-state index contributed by atoms with van der Waals surface area (Å²) in [5.74, 6) is 0.677. The summed E-state index contributed by atoms with van der Waals surface area (Å²) in [4.78, 5) is 13.9. The van der Waals surface area contributed by atoms with E-state index in [1.807, 2.05) is 47.3 Å². The molecule has 5 heteroatoms. The van der Waals surface area contributed by atoms with Crippen molar-refractivity contribution in [1.82, 2.24) is 23.9 Å². The van der Waals surface area contributed by atoms with Crippen LogP contribution < -0.4 is 0 Å². The van der Waals surface area contributed by atoms with Crippen molar-refractivity contribution >= 4 is 16.7 Å². The quantitative estimate of drug-likeness (QED) is 0.491. The van der Waals surface area contributed by atoms with Crippen molar-refractivity contribution in [3.8, 4) is 11.5 Å². The molecule has 0 radical (unpaired) electrons. The van der Waals surface area contributed by atoms with Crippen molar-refractivity contribution in [3.63, 3.8) is 0 Å². The largest absolute Gasteiger partial charge is 0.325 e. The van der Waals surface area contributed by atoms with E-state index >= 15 is 0 Å². The molecule has 5 nitrogen and oxygen atoms in total. The Morgan fingerprint density at radius 2 is 1.69 bits per heavy atom. The van der Waals surface area contributed by atoms with E-state index in [1.54, 1.807) is 0 Å². The van der Waals surface area contributed by atoms with Gasteiger partial charge in [0.05, 0.1) is 12.2 Å². The summed E-state index contributed by atoms with van der Waals surface area (Å²) in [6.07, 6.45) is 7.77. The number of pyridine rings is 1.